The molecule has 0 radical (unpaired) electrons. The molecule has 5 heteroatoms. The van der Waals surface area contributed by atoms with Gasteiger partial charge >= 0.3 is 0 Å². The van der Waals surface area contributed by atoms with E-state index in [2.05, 4.69) is 31.5 Å². The first kappa shape index (κ1) is 12.8. The summed E-state index contributed by atoms with van der Waals surface area (Å²) in [7, 11) is 0. The van der Waals surface area contributed by atoms with E-state index in [1.165, 1.54) is 0 Å². The Bertz CT molecular complexity index is 575. The number of pyridine rings is 1. The summed E-state index contributed by atoms with van der Waals surface area (Å²) < 4.78 is 0. The van der Waals surface area contributed by atoms with Gasteiger partial charge in [-0.25, -0.2) is 0 Å². The van der Waals surface area contributed by atoms with Gasteiger partial charge in [0.05, 0.1) is 5.69 Å². The Morgan fingerprint density at radius 1 is 1.15 bits per heavy atom. The van der Waals surface area contributed by atoms with Gasteiger partial charge in [0, 0.05) is 43.1 Å². The van der Waals surface area contributed by atoms with E-state index in [1.54, 1.807) is 0 Å². The maximum absolute atomic E-state index is 4.21. The van der Waals surface area contributed by atoms with Gasteiger partial charge in [-0.1, -0.05) is 0 Å². The minimum atomic E-state index is 0.659. The highest BCUT2D eigenvalue weighted by Gasteiger charge is 2.27. The van der Waals surface area contributed by atoms with Crippen LogP contribution < -0.4 is 10.2 Å². The van der Waals surface area contributed by atoms with Crippen LogP contribution in [0.3, 0.4) is 0 Å². The van der Waals surface area contributed by atoms with Gasteiger partial charge in [0.1, 0.15) is 0 Å². The van der Waals surface area contributed by atoms with E-state index in [0.717, 1.165) is 42.5 Å². The van der Waals surface area contributed by atoms with Crippen LogP contribution in [-0.2, 0) is 0 Å². The first-order valence-corrected chi connectivity index (χ1v) is 6.92. The Morgan fingerprint density at radius 2 is 2.00 bits per heavy atom. The summed E-state index contributed by atoms with van der Waals surface area (Å²) in [6.45, 7) is 7.02. The van der Waals surface area contributed by atoms with Crippen LogP contribution in [0.1, 0.15) is 11.4 Å². The van der Waals surface area contributed by atoms with Crippen molar-refractivity contribution in [1.29, 1.82) is 0 Å². The molecule has 0 aromatic carbocycles. The van der Waals surface area contributed by atoms with Crippen LogP contribution in [-0.4, -0.2) is 34.8 Å². The molecular formula is C15H19N5. The van der Waals surface area contributed by atoms with Crippen LogP contribution in [0.15, 0.2) is 30.5 Å². The Balaban J connectivity index is 1.48. The predicted octanol–water partition coefficient (Wildman–Crippen LogP) is 2.04. The lowest BCUT2D eigenvalue weighted by Gasteiger charge is -2.40. The average molecular weight is 269 g/mol. The summed E-state index contributed by atoms with van der Waals surface area (Å²) in [6.07, 6.45) is 1.84. The highest BCUT2D eigenvalue weighted by Crippen LogP contribution is 2.22. The zero-order valence-electron chi connectivity index (χ0n) is 11.9. The van der Waals surface area contributed by atoms with Gasteiger partial charge < -0.3 is 10.2 Å². The first-order chi connectivity index (χ1) is 9.70. The van der Waals surface area contributed by atoms with Crippen LogP contribution in [0.25, 0.3) is 0 Å². The number of nitrogens with one attached hydrogen (secondary N) is 1. The minimum Gasteiger partial charge on any atom is -0.385 e. The summed E-state index contributed by atoms with van der Waals surface area (Å²) in [5, 5.41) is 11.8. The van der Waals surface area contributed by atoms with Gasteiger partial charge in [0.15, 0.2) is 5.82 Å². The molecule has 3 heterocycles. The third kappa shape index (κ3) is 2.87. The predicted molar refractivity (Wildman–Crippen MR) is 79.9 cm³/mol. The zero-order chi connectivity index (χ0) is 13.9. The number of nitrogens with zero attached hydrogens (tertiary/aromatic N) is 4. The van der Waals surface area contributed by atoms with Crippen molar-refractivity contribution in [3.8, 4) is 0 Å². The molecule has 5 nitrogen and oxygen atoms in total. The lowest BCUT2D eigenvalue weighted by molar-refractivity contribution is 0.425. The van der Waals surface area contributed by atoms with Crippen LogP contribution in [0, 0.1) is 19.8 Å². The SMILES string of the molecule is Cc1cc(NCC2CN(c3ccc(C)nn3)C2)ccn1. The molecular weight excluding hydrogens is 250 g/mol. The smallest absolute Gasteiger partial charge is 0.151 e. The van der Waals surface area contributed by atoms with E-state index in [-0.39, 0.29) is 0 Å². The quantitative estimate of drug-likeness (QED) is 0.920. The normalized spacial score (nSPS) is 15.0. The van der Waals surface area contributed by atoms with Gasteiger partial charge in [0.25, 0.3) is 0 Å². The summed E-state index contributed by atoms with van der Waals surface area (Å²) >= 11 is 0. The van der Waals surface area contributed by atoms with E-state index < -0.39 is 0 Å². The first-order valence-electron chi connectivity index (χ1n) is 6.92. The fourth-order valence-electron chi connectivity index (χ4n) is 2.36. The minimum absolute atomic E-state index is 0.659. The highest BCUT2D eigenvalue weighted by atomic mass is 15.3. The lowest BCUT2D eigenvalue weighted by Crippen LogP contribution is -2.50. The molecule has 0 unspecified atom stereocenters. The van der Waals surface area contributed by atoms with Gasteiger partial charge in [0.2, 0.25) is 0 Å². The number of hydrogen-bond acceptors (Lipinski definition) is 5. The van der Waals surface area contributed by atoms with Crippen LogP contribution >= 0.6 is 0 Å². The van der Waals surface area contributed by atoms with Crippen molar-refractivity contribution >= 4 is 11.5 Å². The molecule has 1 aliphatic rings. The topological polar surface area (TPSA) is 53.9 Å². The molecule has 1 saturated heterocycles. The van der Waals surface area contributed by atoms with Gasteiger partial charge in [-0.3, -0.25) is 4.98 Å². The largest absolute Gasteiger partial charge is 0.385 e. The van der Waals surface area contributed by atoms with Crippen LogP contribution in [0.4, 0.5) is 11.5 Å². The lowest BCUT2D eigenvalue weighted by atomic mass is 10.00. The van der Waals surface area contributed by atoms with Crippen molar-refractivity contribution in [2.24, 2.45) is 5.92 Å². The summed E-state index contributed by atoms with van der Waals surface area (Å²) in [5.41, 5.74) is 3.15. The molecule has 0 bridgehead atoms. The summed E-state index contributed by atoms with van der Waals surface area (Å²) in [6, 6.07) is 8.13. The Kier molecular flexibility index (Phi) is 3.50. The van der Waals surface area contributed by atoms with Crippen molar-refractivity contribution in [3.63, 3.8) is 0 Å². The van der Waals surface area contributed by atoms with Crippen molar-refractivity contribution in [3.05, 3.63) is 41.9 Å². The molecule has 0 aliphatic carbocycles. The number of aromatic nitrogens is 3. The average Bonchev–Trinajstić information content (AvgIpc) is 2.39. The summed E-state index contributed by atoms with van der Waals surface area (Å²) in [5.74, 6) is 1.64. The fraction of sp³-hybridized carbons (Fsp3) is 0.400. The van der Waals surface area contributed by atoms with Gasteiger partial charge in [-0.2, -0.15) is 5.10 Å². The molecule has 0 amide bonds. The van der Waals surface area contributed by atoms with Gasteiger partial charge in [-0.05, 0) is 38.1 Å². The van der Waals surface area contributed by atoms with E-state index in [9.17, 15) is 0 Å². The molecule has 20 heavy (non-hydrogen) atoms. The number of aryl methyl sites for hydroxylation is 2. The number of anilines is 2. The molecule has 0 saturated carbocycles. The molecule has 1 N–H and O–H groups in total. The standard InChI is InChI=1S/C15H19N5/c1-11-3-4-15(19-18-11)20-9-13(10-20)8-17-14-5-6-16-12(2)7-14/h3-7,13H,8-10H2,1-2H3,(H,16,17). The van der Waals surface area contributed by atoms with Crippen molar-refractivity contribution < 1.29 is 0 Å². The van der Waals surface area contributed by atoms with E-state index in [0.29, 0.717) is 5.92 Å². The molecule has 1 aliphatic heterocycles. The van der Waals surface area contributed by atoms with Crippen LogP contribution in [0.5, 0.6) is 0 Å². The van der Waals surface area contributed by atoms with E-state index in [1.807, 2.05) is 38.2 Å². The summed E-state index contributed by atoms with van der Waals surface area (Å²) in [4.78, 5) is 6.46. The maximum Gasteiger partial charge on any atom is 0.151 e. The van der Waals surface area contributed by atoms with Crippen molar-refractivity contribution in [2.45, 2.75) is 13.8 Å². The van der Waals surface area contributed by atoms with Crippen molar-refractivity contribution in [2.75, 3.05) is 29.9 Å². The third-order valence-corrected chi connectivity index (χ3v) is 3.56. The fourth-order valence-corrected chi connectivity index (χ4v) is 2.36. The Morgan fingerprint density at radius 3 is 2.70 bits per heavy atom. The second-order valence-corrected chi connectivity index (χ2v) is 5.37. The second kappa shape index (κ2) is 5.45. The molecule has 2 aromatic rings. The van der Waals surface area contributed by atoms with Crippen molar-refractivity contribution in [1.82, 2.24) is 15.2 Å². The third-order valence-electron chi connectivity index (χ3n) is 3.56. The van der Waals surface area contributed by atoms with E-state index >= 15 is 0 Å². The molecule has 1 fully saturated rings. The molecule has 3 rings (SSSR count). The molecule has 2 aromatic heterocycles. The molecule has 0 atom stereocenters. The van der Waals surface area contributed by atoms with Gasteiger partial charge in [-0.15, -0.1) is 5.10 Å². The zero-order valence-corrected chi connectivity index (χ0v) is 11.9. The Hall–Kier alpha value is -2.17. The number of hydrogen-bond donors (Lipinski definition) is 1. The number of rotatable bonds is 4. The van der Waals surface area contributed by atoms with Crippen LogP contribution in [0.2, 0.25) is 0 Å². The monoisotopic (exact) mass is 269 g/mol. The molecule has 0 spiro atoms. The second-order valence-electron chi connectivity index (χ2n) is 5.37. The Labute approximate surface area is 119 Å². The molecule has 104 valence electrons. The highest BCUT2D eigenvalue weighted by molar-refractivity contribution is 5.44. The van der Waals surface area contributed by atoms with E-state index in [4.69, 9.17) is 0 Å². The maximum atomic E-state index is 4.21.